The van der Waals surface area contributed by atoms with Gasteiger partial charge in [0.1, 0.15) is 6.73 Å². The van der Waals surface area contributed by atoms with Crippen molar-refractivity contribution in [2.45, 2.75) is 19.3 Å². The lowest BCUT2D eigenvalue weighted by molar-refractivity contribution is 0.0761. The summed E-state index contributed by atoms with van der Waals surface area (Å²) >= 11 is 0. The molecule has 2 bridgehead atoms. The second-order valence-electron chi connectivity index (χ2n) is 6.76. The molecule has 5 rings (SSSR count). The van der Waals surface area contributed by atoms with E-state index in [2.05, 4.69) is 38.4 Å². The molecule has 5 nitrogen and oxygen atoms in total. The Morgan fingerprint density at radius 3 is 2.68 bits per heavy atom. The third kappa shape index (κ3) is 4.17. The predicted molar refractivity (Wildman–Crippen MR) is 100 cm³/mol. The summed E-state index contributed by atoms with van der Waals surface area (Å²) in [5.41, 5.74) is 3.13. The lowest BCUT2D eigenvalue weighted by Crippen LogP contribution is -2.38. The van der Waals surface area contributed by atoms with Crippen LogP contribution in [0.1, 0.15) is 19.3 Å². The van der Waals surface area contributed by atoms with Gasteiger partial charge in [0.05, 0.1) is 11.9 Å². The molecule has 0 radical (unpaired) electrons. The van der Waals surface area contributed by atoms with Crippen molar-refractivity contribution in [3.63, 3.8) is 0 Å². The summed E-state index contributed by atoms with van der Waals surface area (Å²) < 4.78 is 5.93. The molecule has 2 aromatic rings. The number of amidine groups is 1. The van der Waals surface area contributed by atoms with Crippen molar-refractivity contribution >= 4 is 11.7 Å². The van der Waals surface area contributed by atoms with Gasteiger partial charge >= 0.3 is 0 Å². The molecule has 0 atom stereocenters. The van der Waals surface area contributed by atoms with E-state index in [1.54, 1.807) is 0 Å². The molecule has 0 saturated carbocycles. The Morgan fingerprint density at radius 2 is 1.84 bits per heavy atom. The van der Waals surface area contributed by atoms with E-state index in [9.17, 15) is 0 Å². The zero-order chi connectivity index (χ0) is 16.9. The molecule has 1 saturated heterocycles. The van der Waals surface area contributed by atoms with Crippen molar-refractivity contribution in [1.29, 1.82) is 0 Å². The fourth-order valence-electron chi connectivity index (χ4n) is 3.45. The van der Waals surface area contributed by atoms with E-state index in [-0.39, 0.29) is 0 Å². The molecule has 0 aliphatic carbocycles. The highest BCUT2D eigenvalue weighted by molar-refractivity contribution is 5.89. The van der Waals surface area contributed by atoms with Gasteiger partial charge < -0.3 is 10.1 Å². The molecule has 25 heavy (non-hydrogen) atoms. The Balaban J connectivity index is 1.49. The zero-order valence-electron chi connectivity index (χ0n) is 14.4. The number of aromatic nitrogens is 1. The van der Waals surface area contributed by atoms with Gasteiger partial charge in [0.25, 0.3) is 6.02 Å². The minimum absolute atomic E-state index is 0.597. The number of ether oxygens (including phenoxy) is 1. The minimum atomic E-state index is 0.597. The van der Waals surface area contributed by atoms with E-state index >= 15 is 0 Å². The normalized spacial score (nSPS) is 23.4. The van der Waals surface area contributed by atoms with E-state index in [4.69, 9.17) is 4.74 Å². The van der Waals surface area contributed by atoms with Gasteiger partial charge in [-0.2, -0.15) is 0 Å². The minimum Gasteiger partial charge on any atom is -0.449 e. The van der Waals surface area contributed by atoms with Crippen LogP contribution in [0.2, 0.25) is 0 Å². The molecule has 1 fully saturated rings. The van der Waals surface area contributed by atoms with Gasteiger partial charge in [0.15, 0.2) is 0 Å². The van der Waals surface area contributed by atoms with Crippen molar-refractivity contribution in [3.05, 3.63) is 48.8 Å². The molecule has 0 unspecified atom stereocenters. The predicted octanol–water partition coefficient (Wildman–Crippen LogP) is 3.61. The summed E-state index contributed by atoms with van der Waals surface area (Å²) in [6.45, 7) is 3.68. The number of hydrogen-bond donors (Lipinski definition) is 1. The van der Waals surface area contributed by atoms with Crippen molar-refractivity contribution in [3.8, 4) is 11.1 Å². The summed E-state index contributed by atoms with van der Waals surface area (Å²) in [4.78, 5) is 11.3. The van der Waals surface area contributed by atoms with Crippen LogP contribution in [0, 0.1) is 5.92 Å². The number of hydrogen-bond acceptors (Lipinski definition) is 5. The molecule has 5 heteroatoms. The number of piperidine rings is 1. The van der Waals surface area contributed by atoms with E-state index in [1.165, 1.54) is 12.8 Å². The average Bonchev–Trinajstić information content (AvgIpc) is 2.68. The van der Waals surface area contributed by atoms with Gasteiger partial charge in [-0.15, -0.1) is 0 Å². The molecular weight excluding hydrogens is 312 g/mol. The summed E-state index contributed by atoms with van der Waals surface area (Å²) in [6.07, 6.45) is 7.37. The molecule has 3 aliphatic heterocycles. The second kappa shape index (κ2) is 7.66. The van der Waals surface area contributed by atoms with Crippen molar-refractivity contribution in [2.75, 3.05) is 31.7 Å². The van der Waals surface area contributed by atoms with Crippen LogP contribution in [-0.4, -0.2) is 42.3 Å². The number of pyridine rings is 1. The smallest absolute Gasteiger partial charge is 0.290 e. The average molecular weight is 336 g/mol. The maximum absolute atomic E-state index is 5.93. The van der Waals surface area contributed by atoms with Crippen LogP contribution in [0.15, 0.2) is 53.8 Å². The molecule has 4 heterocycles. The first-order valence-electron chi connectivity index (χ1n) is 9.04. The number of anilines is 1. The maximum Gasteiger partial charge on any atom is 0.290 e. The lowest BCUT2D eigenvalue weighted by Gasteiger charge is -2.32. The Morgan fingerprint density at radius 1 is 1.00 bits per heavy atom. The fourth-order valence-corrected chi connectivity index (χ4v) is 3.45. The number of rotatable bonds is 2. The van der Waals surface area contributed by atoms with E-state index < -0.39 is 0 Å². The largest absolute Gasteiger partial charge is 0.449 e. The van der Waals surface area contributed by atoms with E-state index in [0.717, 1.165) is 48.8 Å². The molecule has 1 aromatic carbocycles. The summed E-state index contributed by atoms with van der Waals surface area (Å²) in [7, 11) is 0. The number of aliphatic imine (C=N–C) groups is 1. The third-order valence-electron chi connectivity index (χ3n) is 4.98. The van der Waals surface area contributed by atoms with Gasteiger partial charge in [-0.05, 0) is 36.8 Å². The topological polar surface area (TPSA) is 49.8 Å². The summed E-state index contributed by atoms with van der Waals surface area (Å²) in [6, 6.07) is 12.9. The number of nitrogens with zero attached hydrogens (tertiary/aromatic N) is 3. The van der Waals surface area contributed by atoms with Gasteiger partial charge in [0, 0.05) is 31.4 Å². The first kappa shape index (κ1) is 16.1. The molecular formula is C20H24N4O. The number of benzene rings is 1. The van der Waals surface area contributed by atoms with Crippen LogP contribution in [0.25, 0.3) is 11.1 Å². The molecule has 1 N–H and O–H groups in total. The van der Waals surface area contributed by atoms with Crippen LogP contribution >= 0.6 is 0 Å². The number of fused-ring (bicyclic) bond motifs is 6. The van der Waals surface area contributed by atoms with Crippen LogP contribution < -0.4 is 5.32 Å². The molecule has 3 aliphatic rings. The van der Waals surface area contributed by atoms with E-state index in [0.29, 0.717) is 12.8 Å². The zero-order valence-corrected chi connectivity index (χ0v) is 14.4. The molecule has 130 valence electrons. The van der Waals surface area contributed by atoms with Gasteiger partial charge in [-0.25, -0.2) is 4.99 Å². The highest BCUT2D eigenvalue weighted by Crippen LogP contribution is 2.23. The van der Waals surface area contributed by atoms with Crippen LogP contribution in [0.5, 0.6) is 0 Å². The fraction of sp³-hybridized carbons (Fsp3) is 0.400. The third-order valence-corrected chi connectivity index (χ3v) is 4.98. The second-order valence-corrected chi connectivity index (χ2v) is 6.76. The Bertz CT molecular complexity index is 723. The van der Waals surface area contributed by atoms with E-state index in [1.807, 2.05) is 30.6 Å². The van der Waals surface area contributed by atoms with Gasteiger partial charge in [-0.1, -0.05) is 30.3 Å². The van der Waals surface area contributed by atoms with Crippen LogP contribution in [0.3, 0.4) is 0 Å². The maximum atomic E-state index is 5.93. The Kier molecular flexibility index (Phi) is 4.93. The summed E-state index contributed by atoms with van der Waals surface area (Å²) in [5.74, 6) is 0.808. The van der Waals surface area contributed by atoms with Crippen molar-refractivity contribution in [1.82, 2.24) is 9.88 Å². The van der Waals surface area contributed by atoms with Gasteiger partial charge in [0.2, 0.25) is 0 Å². The van der Waals surface area contributed by atoms with Gasteiger partial charge in [-0.3, -0.25) is 9.88 Å². The monoisotopic (exact) mass is 336 g/mol. The Labute approximate surface area is 148 Å². The summed E-state index contributed by atoms with van der Waals surface area (Å²) in [5, 5.41) is 3.31. The molecule has 1 aromatic heterocycles. The van der Waals surface area contributed by atoms with Crippen molar-refractivity contribution in [2.24, 2.45) is 10.9 Å². The number of nitrogens with one attached hydrogen (secondary N) is 1. The van der Waals surface area contributed by atoms with Crippen LogP contribution in [0.4, 0.5) is 5.69 Å². The lowest BCUT2D eigenvalue weighted by atomic mass is 9.94. The van der Waals surface area contributed by atoms with Crippen LogP contribution in [-0.2, 0) is 4.74 Å². The standard InChI is InChI=1S/C20H24N4O/c1-2-4-17(5-3-1)18-12-19(14-21-13-18)23-20-22-9-6-16-7-10-24(11-8-16)15-25-20/h1-5,12-14,16H,6-11,15H2,(H,22,23). The first-order valence-corrected chi connectivity index (χ1v) is 9.04. The first-order chi connectivity index (χ1) is 12.4. The highest BCUT2D eigenvalue weighted by atomic mass is 16.5. The molecule has 0 amide bonds. The van der Waals surface area contributed by atoms with Crippen molar-refractivity contribution < 1.29 is 4.74 Å². The quantitative estimate of drug-likeness (QED) is 0.910. The molecule has 0 spiro atoms. The Hall–Kier alpha value is -2.40. The highest BCUT2D eigenvalue weighted by Gasteiger charge is 2.21. The SMILES string of the molecule is c1ccc(-c2cncc(NC3=NCCC4CCN(CC4)CO3)c2)cc1.